The van der Waals surface area contributed by atoms with Crippen LogP contribution in [-0.4, -0.2) is 49.0 Å². The van der Waals surface area contributed by atoms with Crippen molar-refractivity contribution in [2.75, 3.05) is 36.0 Å². The molecule has 2 aliphatic rings. The second kappa shape index (κ2) is 7.17. The lowest BCUT2D eigenvalue weighted by molar-refractivity contribution is -0.915. The van der Waals surface area contributed by atoms with Gasteiger partial charge in [-0.1, -0.05) is 22.0 Å². The highest BCUT2D eigenvalue weighted by molar-refractivity contribution is 9.10. The molecular weight excluding hydrogens is 396 g/mol. The van der Waals surface area contributed by atoms with Gasteiger partial charge in [0.15, 0.2) is 6.04 Å². The van der Waals surface area contributed by atoms with Crippen LogP contribution in [0.15, 0.2) is 53.1 Å². The minimum atomic E-state index is -0.281. The minimum absolute atomic E-state index is 0.0846. The number of piperazine rings is 1. The Labute approximate surface area is 160 Å². The quantitative estimate of drug-likeness (QED) is 0.756. The number of nitrogens with one attached hydrogen (secondary N) is 1. The Kier molecular flexibility index (Phi) is 4.74. The molecule has 0 aliphatic carbocycles. The van der Waals surface area contributed by atoms with Gasteiger partial charge in [-0.25, -0.2) is 9.88 Å². The van der Waals surface area contributed by atoms with Gasteiger partial charge in [0, 0.05) is 10.7 Å². The third-order valence-electron chi connectivity index (χ3n) is 5.10. The van der Waals surface area contributed by atoms with Crippen molar-refractivity contribution in [2.24, 2.45) is 0 Å². The zero-order chi connectivity index (χ0) is 18.1. The van der Waals surface area contributed by atoms with Crippen molar-refractivity contribution in [3.63, 3.8) is 0 Å². The van der Waals surface area contributed by atoms with Gasteiger partial charge in [-0.05, 0) is 36.4 Å². The van der Waals surface area contributed by atoms with E-state index >= 15 is 0 Å². The summed E-state index contributed by atoms with van der Waals surface area (Å²) < 4.78 is 0.924. The molecule has 2 saturated heterocycles. The van der Waals surface area contributed by atoms with Crippen LogP contribution in [-0.2, 0) is 9.59 Å². The monoisotopic (exact) mass is 415 g/mol. The number of halogens is 1. The summed E-state index contributed by atoms with van der Waals surface area (Å²) in [5.74, 6) is 0.775. The summed E-state index contributed by atoms with van der Waals surface area (Å²) in [7, 11) is 0. The molecule has 2 amide bonds. The minimum Gasteiger partial charge on any atom is -0.345 e. The summed E-state index contributed by atoms with van der Waals surface area (Å²) in [4.78, 5) is 34.5. The van der Waals surface area contributed by atoms with Crippen LogP contribution in [0.2, 0.25) is 0 Å². The molecule has 1 N–H and O–H groups in total. The summed E-state index contributed by atoms with van der Waals surface area (Å²) in [5, 5.41) is 0. The lowest BCUT2D eigenvalue weighted by Gasteiger charge is -2.34. The molecule has 0 saturated carbocycles. The van der Waals surface area contributed by atoms with E-state index in [2.05, 4.69) is 25.8 Å². The van der Waals surface area contributed by atoms with Gasteiger partial charge < -0.3 is 9.80 Å². The first-order valence-corrected chi connectivity index (χ1v) is 9.56. The zero-order valence-corrected chi connectivity index (χ0v) is 15.9. The molecule has 0 spiro atoms. The molecule has 1 unspecified atom stereocenters. The van der Waals surface area contributed by atoms with Crippen LogP contribution in [0, 0.1) is 0 Å². The fraction of sp³-hybridized carbons (Fsp3) is 0.316. The first kappa shape index (κ1) is 17.2. The van der Waals surface area contributed by atoms with Gasteiger partial charge in [0.05, 0.1) is 38.3 Å². The number of hydrogen-bond acceptors (Lipinski definition) is 4. The van der Waals surface area contributed by atoms with Crippen molar-refractivity contribution in [3.05, 3.63) is 53.1 Å². The van der Waals surface area contributed by atoms with E-state index in [0.29, 0.717) is 5.69 Å². The van der Waals surface area contributed by atoms with Crippen molar-refractivity contribution < 1.29 is 14.5 Å². The van der Waals surface area contributed by atoms with Crippen LogP contribution >= 0.6 is 15.9 Å². The third kappa shape index (κ3) is 3.24. The van der Waals surface area contributed by atoms with Crippen LogP contribution < -0.4 is 14.7 Å². The normalized spacial score (nSPS) is 21.5. The number of carbonyl (C=O) groups excluding carboxylic acids is 2. The Hall–Kier alpha value is -2.25. The van der Waals surface area contributed by atoms with Crippen LogP contribution in [0.4, 0.5) is 11.5 Å². The van der Waals surface area contributed by atoms with E-state index in [4.69, 9.17) is 0 Å². The molecule has 4 rings (SSSR count). The van der Waals surface area contributed by atoms with Gasteiger partial charge in [0.25, 0.3) is 5.91 Å². The maximum absolute atomic E-state index is 12.9. The maximum atomic E-state index is 12.9. The van der Waals surface area contributed by atoms with Gasteiger partial charge >= 0.3 is 0 Å². The summed E-state index contributed by atoms with van der Waals surface area (Å²) in [6.45, 7) is 3.33. The lowest BCUT2D eigenvalue weighted by Crippen LogP contribution is -3.19. The Morgan fingerprint density at radius 3 is 2.42 bits per heavy atom. The standard InChI is InChI=1S/C19H19BrN4O2/c20-14-4-6-15(7-5-14)24-18(25)13-16(19(24)26)22-9-11-23(12-10-22)17-3-1-2-8-21-17/h1-8,16H,9-13H2/p+1. The molecule has 1 aromatic heterocycles. The highest BCUT2D eigenvalue weighted by atomic mass is 79.9. The predicted octanol–water partition coefficient (Wildman–Crippen LogP) is 0.881. The number of anilines is 2. The summed E-state index contributed by atoms with van der Waals surface area (Å²) in [6.07, 6.45) is 2.08. The van der Waals surface area contributed by atoms with E-state index in [9.17, 15) is 9.59 Å². The van der Waals surface area contributed by atoms with Gasteiger partial charge in [-0.15, -0.1) is 0 Å². The Morgan fingerprint density at radius 1 is 1.04 bits per heavy atom. The van der Waals surface area contributed by atoms with E-state index in [-0.39, 0.29) is 24.3 Å². The molecule has 0 bridgehead atoms. The van der Waals surface area contributed by atoms with E-state index in [1.165, 1.54) is 9.80 Å². The molecule has 1 aromatic carbocycles. The molecule has 6 nitrogen and oxygen atoms in total. The van der Waals surface area contributed by atoms with Gasteiger partial charge in [-0.3, -0.25) is 9.59 Å². The molecule has 0 radical (unpaired) electrons. The summed E-state index contributed by atoms with van der Waals surface area (Å²) in [6, 6.07) is 12.9. The zero-order valence-electron chi connectivity index (χ0n) is 14.3. The fourth-order valence-electron chi connectivity index (χ4n) is 3.72. The Morgan fingerprint density at radius 2 is 1.77 bits per heavy atom. The second-order valence-electron chi connectivity index (χ2n) is 6.63. The number of quaternary nitrogens is 1. The van der Waals surface area contributed by atoms with Gasteiger partial charge in [-0.2, -0.15) is 0 Å². The number of hydrogen-bond donors (Lipinski definition) is 1. The molecule has 3 heterocycles. The Bertz CT molecular complexity index is 804. The summed E-state index contributed by atoms with van der Waals surface area (Å²) in [5.41, 5.74) is 0.650. The SMILES string of the molecule is O=C1CC([NH+]2CCN(c3ccccn3)CC2)C(=O)N1c1ccc(Br)cc1. The van der Waals surface area contributed by atoms with Crippen molar-refractivity contribution in [2.45, 2.75) is 12.5 Å². The van der Waals surface area contributed by atoms with Crippen LogP contribution in [0.25, 0.3) is 0 Å². The average Bonchev–Trinajstić information content (AvgIpc) is 2.98. The molecule has 26 heavy (non-hydrogen) atoms. The highest BCUT2D eigenvalue weighted by Gasteiger charge is 2.46. The number of rotatable bonds is 3. The van der Waals surface area contributed by atoms with Crippen molar-refractivity contribution in [3.8, 4) is 0 Å². The largest absolute Gasteiger partial charge is 0.345 e. The molecule has 1 atom stereocenters. The molecule has 2 aromatic rings. The molecule has 7 heteroatoms. The number of imide groups is 1. The second-order valence-corrected chi connectivity index (χ2v) is 7.55. The fourth-order valence-corrected chi connectivity index (χ4v) is 3.99. The van der Waals surface area contributed by atoms with E-state index in [1.54, 1.807) is 18.3 Å². The Balaban J connectivity index is 1.44. The molecule has 2 fully saturated rings. The van der Waals surface area contributed by atoms with Crippen molar-refractivity contribution in [1.29, 1.82) is 0 Å². The number of carbonyl (C=O) groups is 2. The lowest BCUT2D eigenvalue weighted by atomic mass is 10.1. The number of aromatic nitrogens is 1. The van der Waals surface area contributed by atoms with E-state index in [0.717, 1.165) is 36.5 Å². The van der Waals surface area contributed by atoms with Gasteiger partial charge in [0.1, 0.15) is 5.82 Å². The number of benzene rings is 1. The van der Waals surface area contributed by atoms with Gasteiger partial charge in [0.2, 0.25) is 5.91 Å². The van der Waals surface area contributed by atoms with E-state index < -0.39 is 0 Å². The smallest absolute Gasteiger partial charge is 0.292 e. The third-order valence-corrected chi connectivity index (χ3v) is 5.63. The molecular formula is C19H20BrN4O2+. The highest BCUT2D eigenvalue weighted by Crippen LogP contribution is 2.24. The molecule has 2 aliphatic heterocycles. The number of nitrogens with zero attached hydrogens (tertiary/aromatic N) is 3. The number of amides is 2. The van der Waals surface area contributed by atoms with Crippen molar-refractivity contribution >= 4 is 39.2 Å². The molecule has 134 valence electrons. The van der Waals surface area contributed by atoms with Crippen LogP contribution in [0.5, 0.6) is 0 Å². The predicted molar refractivity (Wildman–Crippen MR) is 102 cm³/mol. The number of pyridine rings is 1. The first-order chi connectivity index (χ1) is 12.6. The average molecular weight is 416 g/mol. The first-order valence-electron chi connectivity index (χ1n) is 8.76. The van der Waals surface area contributed by atoms with Crippen LogP contribution in [0.3, 0.4) is 0 Å². The summed E-state index contributed by atoms with van der Waals surface area (Å²) >= 11 is 3.38. The van der Waals surface area contributed by atoms with Crippen LogP contribution in [0.1, 0.15) is 6.42 Å². The van der Waals surface area contributed by atoms with E-state index in [1.807, 2.05) is 30.3 Å². The van der Waals surface area contributed by atoms with Crippen molar-refractivity contribution in [1.82, 2.24) is 4.98 Å². The maximum Gasteiger partial charge on any atom is 0.292 e. The topological polar surface area (TPSA) is 58.0 Å².